The highest BCUT2D eigenvalue weighted by Gasteiger charge is 2.18. The van der Waals surface area contributed by atoms with E-state index in [-0.39, 0.29) is 11.8 Å². The molecule has 1 unspecified atom stereocenters. The lowest BCUT2D eigenvalue weighted by Gasteiger charge is -2.24. The fraction of sp³-hybridized carbons (Fsp3) is 0.263. The van der Waals surface area contributed by atoms with Crippen molar-refractivity contribution in [2.45, 2.75) is 6.10 Å². The minimum atomic E-state index is 0.0191. The fourth-order valence-electron chi connectivity index (χ4n) is 3.02. The van der Waals surface area contributed by atoms with Crippen molar-refractivity contribution < 1.29 is 9.47 Å². The molecule has 3 heterocycles. The largest absolute Gasteiger partial charge is 0.496 e. The van der Waals surface area contributed by atoms with Crippen LogP contribution in [0.4, 0.5) is 11.6 Å². The summed E-state index contributed by atoms with van der Waals surface area (Å²) in [7, 11) is 1.64. The van der Waals surface area contributed by atoms with E-state index in [2.05, 4.69) is 30.8 Å². The van der Waals surface area contributed by atoms with E-state index >= 15 is 0 Å². The van der Waals surface area contributed by atoms with Crippen molar-refractivity contribution in [3.8, 4) is 23.1 Å². The summed E-state index contributed by atoms with van der Waals surface area (Å²) in [5.41, 5.74) is 3.02. The number of methoxy groups -OCH3 is 1. The minimum Gasteiger partial charge on any atom is -0.496 e. The highest BCUT2D eigenvalue weighted by molar-refractivity contribution is 5.71. The number of H-pyrrole nitrogens is 1. The third-order valence-corrected chi connectivity index (χ3v) is 4.42. The number of morpholine rings is 1. The molecular weight excluding hydrogens is 358 g/mol. The maximum absolute atomic E-state index is 8.79. The van der Waals surface area contributed by atoms with E-state index < -0.39 is 0 Å². The maximum atomic E-state index is 8.79. The van der Waals surface area contributed by atoms with Crippen molar-refractivity contribution in [3.05, 3.63) is 47.9 Å². The minimum absolute atomic E-state index is 0.0191. The summed E-state index contributed by atoms with van der Waals surface area (Å²) < 4.78 is 11.4. The van der Waals surface area contributed by atoms with Crippen LogP contribution in [0, 0.1) is 11.3 Å². The molecule has 0 spiro atoms. The summed E-state index contributed by atoms with van der Waals surface area (Å²) in [6, 6.07) is 9.81. The molecule has 0 radical (unpaired) electrons. The molecular formula is C19H19N7O2. The number of benzene rings is 1. The molecule has 3 aromatic rings. The molecule has 142 valence electrons. The Morgan fingerprint density at radius 1 is 1.25 bits per heavy atom. The van der Waals surface area contributed by atoms with E-state index in [0.717, 1.165) is 35.7 Å². The topological polar surface area (TPSA) is 121 Å². The van der Waals surface area contributed by atoms with Crippen LogP contribution in [0.5, 0.6) is 5.75 Å². The number of nitriles is 1. The van der Waals surface area contributed by atoms with Gasteiger partial charge in [0.15, 0.2) is 11.5 Å². The van der Waals surface area contributed by atoms with E-state index in [0.29, 0.717) is 18.2 Å². The predicted octanol–water partition coefficient (Wildman–Crippen LogP) is 2.15. The average molecular weight is 377 g/mol. The summed E-state index contributed by atoms with van der Waals surface area (Å²) in [5.74, 6) is 1.82. The first-order chi connectivity index (χ1) is 13.8. The van der Waals surface area contributed by atoms with E-state index in [1.54, 1.807) is 7.11 Å². The van der Waals surface area contributed by atoms with Crippen LogP contribution in [0.1, 0.15) is 17.4 Å². The average Bonchev–Trinajstić information content (AvgIpc) is 3.22. The Morgan fingerprint density at radius 3 is 2.89 bits per heavy atom. The molecule has 1 atom stereocenters. The lowest BCUT2D eigenvalue weighted by atomic mass is 10.0. The van der Waals surface area contributed by atoms with Gasteiger partial charge in [-0.1, -0.05) is 6.07 Å². The summed E-state index contributed by atoms with van der Waals surface area (Å²) in [6.07, 6.45) is 2.91. The Kier molecular flexibility index (Phi) is 5.14. The lowest BCUT2D eigenvalue weighted by molar-refractivity contribution is 0.0276. The van der Waals surface area contributed by atoms with Gasteiger partial charge in [-0.2, -0.15) is 10.4 Å². The van der Waals surface area contributed by atoms with Crippen molar-refractivity contribution in [1.29, 1.82) is 5.26 Å². The van der Waals surface area contributed by atoms with Gasteiger partial charge in [0, 0.05) is 24.7 Å². The van der Waals surface area contributed by atoms with Crippen LogP contribution in [0.25, 0.3) is 11.3 Å². The smallest absolute Gasteiger partial charge is 0.158 e. The van der Waals surface area contributed by atoms with Gasteiger partial charge in [-0.15, -0.1) is 0 Å². The molecule has 0 saturated carbocycles. The molecule has 4 rings (SSSR count). The van der Waals surface area contributed by atoms with E-state index in [4.69, 9.17) is 14.7 Å². The Labute approximate surface area is 161 Å². The first-order valence-corrected chi connectivity index (χ1v) is 8.82. The molecule has 1 fully saturated rings. The van der Waals surface area contributed by atoms with Crippen molar-refractivity contribution in [2.75, 3.05) is 32.1 Å². The van der Waals surface area contributed by atoms with Crippen LogP contribution in [0.15, 0.2) is 36.7 Å². The Morgan fingerprint density at radius 2 is 2.18 bits per heavy atom. The summed E-state index contributed by atoms with van der Waals surface area (Å²) in [4.78, 5) is 8.11. The molecule has 9 nitrogen and oxygen atoms in total. The third kappa shape index (κ3) is 3.78. The normalized spacial score (nSPS) is 16.4. The molecule has 28 heavy (non-hydrogen) atoms. The van der Waals surface area contributed by atoms with Crippen LogP contribution in [0.2, 0.25) is 0 Å². The zero-order valence-corrected chi connectivity index (χ0v) is 15.3. The van der Waals surface area contributed by atoms with E-state index in [9.17, 15) is 0 Å². The molecule has 0 amide bonds. The van der Waals surface area contributed by atoms with Crippen LogP contribution >= 0.6 is 0 Å². The maximum Gasteiger partial charge on any atom is 0.158 e. The summed E-state index contributed by atoms with van der Waals surface area (Å²) >= 11 is 0. The predicted molar refractivity (Wildman–Crippen MR) is 102 cm³/mol. The number of nitrogens with zero attached hydrogens (tertiary/aromatic N) is 4. The van der Waals surface area contributed by atoms with Crippen molar-refractivity contribution in [1.82, 2.24) is 25.5 Å². The number of anilines is 2. The van der Waals surface area contributed by atoms with E-state index in [1.807, 2.05) is 30.3 Å². The second kappa shape index (κ2) is 8.04. The zero-order valence-electron chi connectivity index (χ0n) is 15.3. The van der Waals surface area contributed by atoms with Crippen molar-refractivity contribution >= 4 is 11.6 Å². The Balaban J connectivity index is 1.54. The quantitative estimate of drug-likeness (QED) is 0.618. The number of rotatable bonds is 5. The van der Waals surface area contributed by atoms with Gasteiger partial charge in [-0.3, -0.25) is 5.10 Å². The van der Waals surface area contributed by atoms with Crippen LogP contribution < -0.4 is 15.4 Å². The van der Waals surface area contributed by atoms with Gasteiger partial charge in [0.05, 0.1) is 37.9 Å². The zero-order chi connectivity index (χ0) is 19.3. The standard InChI is InChI=1S/C19H19N7O2/c1-27-16-6-12(17-10-21-4-5-28-17)2-3-14(16)15-7-18(26-25-15)24-19-11-22-13(8-20)9-23-19/h2-3,6-7,9,11,17,21H,4-5,10H2,1H3,(H2,23,24,25,26). The van der Waals surface area contributed by atoms with Gasteiger partial charge in [-0.25, -0.2) is 9.97 Å². The molecule has 1 aromatic carbocycles. The number of hydrogen-bond acceptors (Lipinski definition) is 8. The van der Waals surface area contributed by atoms with Gasteiger partial charge in [0.2, 0.25) is 0 Å². The summed E-state index contributed by atoms with van der Waals surface area (Å²) in [5, 5.41) is 22.4. The number of nitrogens with one attached hydrogen (secondary N) is 3. The number of aromatic amines is 1. The van der Waals surface area contributed by atoms with Gasteiger partial charge in [0.1, 0.15) is 17.6 Å². The fourth-order valence-corrected chi connectivity index (χ4v) is 3.02. The molecule has 0 aliphatic carbocycles. The van der Waals surface area contributed by atoms with Gasteiger partial charge in [0.25, 0.3) is 0 Å². The molecule has 9 heteroatoms. The summed E-state index contributed by atoms with van der Waals surface area (Å²) in [6.45, 7) is 2.36. The number of hydrogen-bond donors (Lipinski definition) is 3. The monoisotopic (exact) mass is 377 g/mol. The number of aromatic nitrogens is 4. The second-order valence-electron chi connectivity index (χ2n) is 6.21. The molecule has 1 aliphatic rings. The van der Waals surface area contributed by atoms with Gasteiger partial charge < -0.3 is 20.1 Å². The van der Waals surface area contributed by atoms with Crippen molar-refractivity contribution in [3.63, 3.8) is 0 Å². The molecule has 2 aromatic heterocycles. The van der Waals surface area contributed by atoms with Crippen molar-refractivity contribution in [2.24, 2.45) is 0 Å². The Bertz CT molecular complexity index is 988. The molecule has 1 aliphatic heterocycles. The SMILES string of the molecule is COc1cc(C2CNCCO2)ccc1-c1cc(Nc2cnc(C#N)cn2)n[nH]1. The molecule has 3 N–H and O–H groups in total. The first kappa shape index (κ1) is 17.9. The Hall–Kier alpha value is -3.48. The van der Waals surface area contributed by atoms with Gasteiger partial charge in [-0.05, 0) is 17.7 Å². The highest BCUT2D eigenvalue weighted by atomic mass is 16.5. The first-order valence-electron chi connectivity index (χ1n) is 8.82. The third-order valence-electron chi connectivity index (χ3n) is 4.42. The van der Waals surface area contributed by atoms with Gasteiger partial charge >= 0.3 is 0 Å². The highest BCUT2D eigenvalue weighted by Crippen LogP contribution is 2.33. The van der Waals surface area contributed by atoms with Crippen LogP contribution in [-0.2, 0) is 4.74 Å². The number of ether oxygens (including phenoxy) is 2. The van der Waals surface area contributed by atoms with E-state index in [1.165, 1.54) is 12.4 Å². The molecule has 1 saturated heterocycles. The molecule has 0 bridgehead atoms. The van der Waals surface area contributed by atoms with Crippen LogP contribution in [-0.4, -0.2) is 47.0 Å². The second-order valence-corrected chi connectivity index (χ2v) is 6.21. The van der Waals surface area contributed by atoms with Crippen LogP contribution in [0.3, 0.4) is 0 Å². The lowest BCUT2D eigenvalue weighted by Crippen LogP contribution is -2.33.